The second-order valence-corrected chi connectivity index (χ2v) is 16.5. The van der Waals surface area contributed by atoms with Gasteiger partial charge in [0.2, 0.25) is 0 Å². The van der Waals surface area contributed by atoms with Gasteiger partial charge in [-0.25, -0.2) is 4.85 Å². The van der Waals surface area contributed by atoms with E-state index in [9.17, 15) is 23.7 Å². The lowest BCUT2D eigenvalue weighted by Crippen LogP contribution is -2.08. The van der Waals surface area contributed by atoms with Crippen LogP contribution in [0.1, 0.15) is 22.3 Å². The molecule has 11 aromatic rings. The Morgan fingerprint density at radius 1 is 0.463 bits per heavy atom. The number of alkyl halides is 3. The molecule has 0 amide bonds. The topological polar surface area (TPSA) is 61.8 Å². The molecule has 0 unspecified atom stereocenters. The van der Waals surface area contributed by atoms with Gasteiger partial charge < -0.3 is 9.13 Å². The first-order chi connectivity index (χ1) is 32.7. The highest BCUT2D eigenvalue weighted by Crippen LogP contribution is 2.46. The summed E-state index contributed by atoms with van der Waals surface area (Å²) in [6, 6.07) is 63.3. The molecule has 0 atom stereocenters. The normalized spacial score (nSPS) is 11.5. The molecular weight excluding hydrogens is 836 g/mol. The fourth-order valence-electron chi connectivity index (χ4n) is 9.86. The highest BCUT2D eigenvalue weighted by Gasteiger charge is 2.34. The van der Waals surface area contributed by atoms with E-state index in [4.69, 9.17) is 6.57 Å². The standard InChI is InChI=1S/C59H34F3N5/c1-36-12-11-19-51(59(60,61)62)58(36)39-22-26-47(57(32-39)67-53-21-10-8-18-46(53)49-31-38(24-28-55(49)67)44-16-6-4-14-41(44)35-64)50-33-42(65-2)25-29-56(50)66-52-20-9-7-17-45(52)48-30-37(23-27-54(48)66)43-15-5-3-13-40(43)34-63/h3-33H,1H3. The highest BCUT2D eigenvalue weighted by atomic mass is 19.4. The van der Waals surface area contributed by atoms with E-state index >= 15 is 0 Å². The Morgan fingerprint density at radius 2 is 0.985 bits per heavy atom. The van der Waals surface area contributed by atoms with E-state index in [0.29, 0.717) is 44.8 Å². The van der Waals surface area contributed by atoms with E-state index in [1.54, 1.807) is 31.2 Å². The molecule has 316 valence electrons. The summed E-state index contributed by atoms with van der Waals surface area (Å²) < 4.78 is 49.0. The predicted molar refractivity (Wildman–Crippen MR) is 262 cm³/mol. The largest absolute Gasteiger partial charge is 0.417 e. The number of hydrogen-bond acceptors (Lipinski definition) is 2. The molecule has 11 rings (SSSR count). The maximum absolute atomic E-state index is 14.9. The van der Waals surface area contributed by atoms with Gasteiger partial charge in [-0.1, -0.05) is 115 Å². The molecule has 0 aliphatic rings. The average Bonchev–Trinajstić information content (AvgIpc) is 3.87. The molecule has 2 aromatic heterocycles. The zero-order valence-corrected chi connectivity index (χ0v) is 35.8. The number of para-hydroxylation sites is 2. The lowest BCUT2D eigenvalue weighted by Gasteiger charge is -2.21. The summed E-state index contributed by atoms with van der Waals surface area (Å²) in [6.45, 7) is 9.89. The Kier molecular flexibility index (Phi) is 9.59. The summed E-state index contributed by atoms with van der Waals surface area (Å²) in [5.74, 6) is 0. The smallest absolute Gasteiger partial charge is 0.309 e. The Morgan fingerprint density at radius 3 is 1.55 bits per heavy atom. The molecule has 0 aliphatic carbocycles. The summed E-state index contributed by atoms with van der Waals surface area (Å²) in [6.07, 6.45) is -4.62. The van der Waals surface area contributed by atoms with Gasteiger partial charge >= 0.3 is 6.18 Å². The van der Waals surface area contributed by atoms with Crippen molar-refractivity contribution in [2.45, 2.75) is 13.1 Å². The minimum Gasteiger partial charge on any atom is -0.309 e. The molecule has 0 saturated heterocycles. The number of fused-ring (bicyclic) bond motifs is 6. The predicted octanol–water partition coefficient (Wildman–Crippen LogP) is 16.2. The third-order valence-electron chi connectivity index (χ3n) is 12.8. The maximum Gasteiger partial charge on any atom is 0.417 e. The van der Waals surface area contributed by atoms with Gasteiger partial charge in [-0.05, 0) is 124 Å². The SMILES string of the molecule is [C-]#[N+]c1ccc(-n2c3ccccc3c3cc(-c4ccccc4C#N)ccc32)c(-c2ccc(-c3c(C)cccc3C(F)(F)F)cc2-n2c3ccccc3c3cc(-c4ccccc4C#N)ccc32)c1. The van der Waals surface area contributed by atoms with Crippen molar-refractivity contribution in [3.8, 4) is 68.0 Å². The zero-order valence-electron chi connectivity index (χ0n) is 35.8. The van der Waals surface area contributed by atoms with Crippen LogP contribution in [-0.4, -0.2) is 9.13 Å². The van der Waals surface area contributed by atoms with E-state index in [-0.39, 0.29) is 5.56 Å². The average molecular weight is 870 g/mol. The van der Waals surface area contributed by atoms with Crippen molar-refractivity contribution in [1.29, 1.82) is 10.5 Å². The van der Waals surface area contributed by atoms with Crippen LogP contribution in [0.5, 0.6) is 0 Å². The molecule has 2 heterocycles. The minimum absolute atomic E-state index is 0.0882. The molecule has 0 radical (unpaired) electrons. The van der Waals surface area contributed by atoms with Gasteiger partial charge in [0.1, 0.15) is 0 Å². The number of benzene rings is 9. The molecular formula is C59H34F3N5. The zero-order chi connectivity index (χ0) is 46.0. The summed E-state index contributed by atoms with van der Waals surface area (Å²) in [5, 5.41) is 23.8. The third-order valence-corrected chi connectivity index (χ3v) is 12.8. The second-order valence-electron chi connectivity index (χ2n) is 16.5. The number of aromatic nitrogens is 2. The Labute approximate surface area is 383 Å². The van der Waals surface area contributed by atoms with Crippen LogP contribution in [0.3, 0.4) is 0 Å². The molecule has 0 aliphatic heterocycles. The van der Waals surface area contributed by atoms with Crippen LogP contribution in [0.25, 0.3) is 104 Å². The number of nitrogens with zero attached hydrogens (tertiary/aromatic N) is 5. The highest BCUT2D eigenvalue weighted by molar-refractivity contribution is 6.13. The van der Waals surface area contributed by atoms with Crippen molar-refractivity contribution >= 4 is 49.3 Å². The Balaban J connectivity index is 1.23. The molecule has 0 fully saturated rings. The summed E-state index contributed by atoms with van der Waals surface area (Å²) >= 11 is 0. The van der Waals surface area contributed by atoms with E-state index < -0.39 is 11.7 Å². The molecule has 0 bridgehead atoms. The van der Waals surface area contributed by atoms with Crippen molar-refractivity contribution in [2.24, 2.45) is 0 Å². The van der Waals surface area contributed by atoms with Crippen LogP contribution in [0, 0.1) is 36.2 Å². The molecule has 8 heteroatoms. The van der Waals surface area contributed by atoms with Crippen molar-refractivity contribution in [1.82, 2.24) is 9.13 Å². The first-order valence-corrected chi connectivity index (χ1v) is 21.6. The van der Waals surface area contributed by atoms with Gasteiger partial charge in [-0.2, -0.15) is 23.7 Å². The van der Waals surface area contributed by atoms with Gasteiger partial charge in [0, 0.05) is 27.1 Å². The molecule has 0 saturated carbocycles. The first-order valence-electron chi connectivity index (χ1n) is 21.6. The van der Waals surface area contributed by atoms with Crippen LogP contribution in [0.15, 0.2) is 188 Å². The van der Waals surface area contributed by atoms with Crippen LogP contribution in [0.4, 0.5) is 18.9 Å². The third kappa shape index (κ3) is 6.61. The van der Waals surface area contributed by atoms with Crippen LogP contribution >= 0.6 is 0 Å². The second kappa shape index (κ2) is 15.8. The van der Waals surface area contributed by atoms with Gasteiger partial charge in [0.15, 0.2) is 5.69 Å². The minimum atomic E-state index is -4.62. The van der Waals surface area contributed by atoms with Gasteiger partial charge in [-0.15, -0.1) is 0 Å². The van der Waals surface area contributed by atoms with Crippen LogP contribution in [-0.2, 0) is 6.18 Å². The lowest BCUT2D eigenvalue weighted by molar-refractivity contribution is -0.137. The summed E-state index contributed by atoms with van der Waals surface area (Å²) in [5.41, 5.74) is 11.3. The molecule has 5 nitrogen and oxygen atoms in total. The molecule has 0 spiro atoms. The fourth-order valence-corrected chi connectivity index (χ4v) is 9.86. The van der Waals surface area contributed by atoms with Crippen molar-refractivity contribution in [3.05, 3.63) is 222 Å². The van der Waals surface area contributed by atoms with Crippen LogP contribution in [0.2, 0.25) is 0 Å². The monoisotopic (exact) mass is 869 g/mol. The van der Waals surface area contributed by atoms with E-state index in [2.05, 4.69) is 56.4 Å². The maximum atomic E-state index is 14.9. The van der Waals surface area contributed by atoms with Crippen molar-refractivity contribution in [3.63, 3.8) is 0 Å². The molecule has 0 N–H and O–H groups in total. The van der Waals surface area contributed by atoms with E-state index in [0.717, 1.165) is 77.6 Å². The number of halogens is 3. The number of nitriles is 2. The van der Waals surface area contributed by atoms with Gasteiger partial charge in [-0.3, -0.25) is 0 Å². The molecule has 67 heavy (non-hydrogen) atoms. The van der Waals surface area contributed by atoms with E-state index in [1.165, 1.54) is 6.07 Å². The number of hydrogen-bond donors (Lipinski definition) is 0. The number of rotatable bonds is 6. The Hall–Kier alpha value is -9.16. The Bertz CT molecular complexity index is 3980. The quantitative estimate of drug-likeness (QED) is 0.156. The summed E-state index contributed by atoms with van der Waals surface area (Å²) in [4.78, 5) is 3.89. The lowest BCUT2D eigenvalue weighted by atomic mass is 9.91. The summed E-state index contributed by atoms with van der Waals surface area (Å²) in [7, 11) is 0. The fraction of sp³-hybridized carbons (Fsp3) is 0.0339. The van der Waals surface area contributed by atoms with Crippen molar-refractivity contribution in [2.75, 3.05) is 0 Å². The van der Waals surface area contributed by atoms with E-state index in [1.807, 2.05) is 121 Å². The van der Waals surface area contributed by atoms with Crippen LogP contribution < -0.4 is 0 Å². The van der Waals surface area contributed by atoms with Gasteiger partial charge in [0.05, 0.1) is 68.8 Å². The van der Waals surface area contributed by atoms with Gasteiger partial charge in [0.25, 0.3) is 0 Å². The number of aryl methyl sites for hydroxylation is 1. The first kappa shape index (κ1) is 40.6. The van der Waals surface area contributed by atoms with Crippen molar-refractivity contribution < 1.29 is 13.2 Å². The molecule has 9 aromatic carbocycles.